The lowest BCUT2D eigenvalue weighted by Crippen LogP contribution is -2.27. The Morgan fingerprint density at radius 1 is 1.37 bits per heavy atom. The molecule has 0 spiro atoms. The first-order valence-corrected chi connectivity index (χ1v) is 5.65. The van der Waals surface area contributed by atoms with Crippen molar-refractivity contribution in [2.24, 2.45) is 0 Å². The van der Waals surface area contributed by atoms with E-state index < -0.39 is 5.82 Å². The molecule has 1 N–H and O–H groups in total. The summed E-state index contributed by atoms with van der Waals surface area (Å²) in [5.74, 6) is -0.555. The van der Waals surface area contributed by atoms with Gasteiger partial charge in [-0.15, -0.1) is 0 Å². The number of nitrogens with one attached hydrogen (secondary N) is 1. The van der Waals surface area contributed by atoms with Crippen LogP contribution in [-0.4, -0.2) is 30.0 Å². The molecule has 2 aromatic rings. The van der Waals surface area contributed by atoms with Crippen LogP contribution in [0.4, 0.5) is 15.9 Å². The molecule has 0 atom stereocenters. The standard InChI is InChI=1S/C13H13FN4O/c1-15-12-11(7-9(14)8-17-12)13(19)18(2)10-3-5-16-6-4-10/h3-8H,1-2H3,(H,15,17). The molecular formula is C13H13FN4O. The van der Waals surface area contributed by atoms with Crippen molar-refractivity contribution in [1.82, 2.24) is 9.97 Å². The number of halogens is 1. The predicted molar refractivity (Wildman–Crippen MR) is 70.7 cm³/mol. The zero-order valence-corrected chi connectivity index (χ0v) is 10.6. The first kappa shape index (κ1) is 12.9. The monoisotopic (exact) mass is 260 g/mol. The Kier molecular flexibility index (Phi) is 3.70. The number of nitrogens with zero attached hydrogens (tertiary/aromatic N) is 3. The van der Waals surface area contributed by atoms with Gasteiger partial charge in [0.2, 0.25) is 0 Å². The van der Waals surface area contributed by atoms with Gasteiger partial charge in [0.05, 0.1) is 11.8 Å². The summed E-state index contributed by atoms with van der Waals surface area (Å²) in [7, 11) is 3.24. The van der Waals surface area contributed by atoms with Crippen LogP contribution in [0.15, 0.2) is 36.8 Å². The Balaban J connectivity index is 2.37. The summed E-state index contributed by atoms with van der Waals surface area (Å²) in [5.41, 5.74) is 0.855. The van der Waals surface area contributed by atoms with E-state index >= 15 is 0 Å². The first-order chi connectivity index (χ1) is 9.13. The lowest BCUT2D eigenvalue weighted by molar-refractivity contribution is 0.0993. The minimum atomic E-state index is -0.550. The van der Waals surface area contributed by atoms with Crippen molar-refractivity contribution in [2.45, 2.75) is 0 Å². The lowest BCUT2D eigenvalue weighted by Gasteiger charge is -2.18. The van der Waals surface area contributed by atoms with Crippen molar-refractivity contribution < 1.29 is 9.18 Å². The molecule has 98 valence electrons. The summed E-state index contributed by atoms with van der Waals surface area (Å²) in [4.78, 5) is 21.5. The third kappa shape index (κ3) is 2.67. The van der Waals surface area contributed by atoms with Gasteiger partial charge in [-0.1, -0.05) is 0 Å². The van der Waals surface area contributed by atoms with Gasteiger partial charge in [-0.3, -0.25) is 9.78 Å². The maximum absolute atomic E-state index is 13.2. The molecule has 2 aromatic heterocycles. The predicted octanol–water partition coefficient (Wildman–Crippen LogP) is 1.93. The van der Waals surface area contributed by atoms with Crippen molar-refractivity contribution in [3.63, 3.8) is 0 Å². The summed E-state index contributed by atoms with van der Waals surface area (Å²) in [6, 6.07) is 4.56. The molecule has 2 heterocycles. The fraction of sp³-hybridized carbons (Fsp3) is 0.154. The fourth-order valence-corrected chi connectivity index (χ4v) is 1.67. The second-order valence-electron chi connectivity index (χ2n) is 3.87. The Bertz CT molecular complexity index is 588. The Morgan fingerprint density at radius 3 is 2.68 bits per heavy atom. The van der Waals surface area contributed by atoms with Gasteiger partial charge in [0.25, 0.3) is 5.91 Å². The van der Waals surface area contributed by atoms with E-state index in [9.17, 15) is 9.18 Å². The number of pyridine rings is 2. The smallest absolute Gasteiger partial charge is 0.261 e. The largest absolute Gasteiger partial charge is 0.372 e. The molecule has 0 saturated carbocycles. The van der Waals surface area contributed by atoms with Crippen molar-refractivity contribution in [1.29, 1.82) is 0 Å². The highest BCUT2D eigenvalue weighted by Gasteiger charge is 2.18. The molecular weight excluding hydrogens is 247 g/mol. The molecule has 19 heavy (non-hydrogen) atoms. The Hall–Kier alpha value is -2.50. The summed E-state index contributed by atoms with van der Waals surface area (Å²) in [6.07, 6.45) is 4.24. The molecule has 0 aliphatic heterocycles. The molecule has 0 aromatic carbocycles. The van der Waals surface area contributed by atoms with Crippen molar-refractivity contribution in [3.05, 3.63) is 48.2 Å². The molecule has 1 amide bonds. The zero-order chi connectivity index (χ0) is 13.8. The van der Waals surface area contributed by atoms with Gasteiger partial charge >= 0.3 is 0 Å². The number of rotatable bonds is 3. The number of amides is 1. The normalized spacial score (nSPS) is 10.1. The third-order valence-corrected chi connectivity index (χ3v) is 2.68. The van der Waals surface area contributed by atoms with Crippen LogP contribution in [-0.2, 0) is 0 Å². The number of carbonyl (C=O) groups excluding carboxylic acids is 1. The summed E-state index contributed by atoms with van der Waals surface area (Å²) in [6.45, 7) is 0. The van der Waals surface area contributed by atoms with Gasteiger partial charge in [0.15, 0.2) is 0 Å². The average molecular weight is 260 g/mol. The SMILES string of the molecule is CNc1ncc(F)cc1C(=O)N(C)c1ccncc1. The molecule has 5 nitrogen and oxygen atoms in total. The highest BCUT2D eigenvalue weighted by atomic mass is 19.1. The van der Waals surface area contributed by atoms with Crippen molar-refractivity contribution in [2.75, 3.05) is 24.3 Å². The van der Waals surface area contributed by atoms with E-state index in [0.29, 0.717) is 11.5 Å². The molecule has 0 aliphatic carbocycles. The van der Waals surface area contributed by atoms with Crippen LogP contribution in [0.3, 0.4) is 0 Å². The van der Waals surface area contributed by atoms with Gasteiger partial charge < -0.3 is 10.2 Å². The molecule has 2 rings (SSSR count). The zero-order valence-electron chi connectivity index (χ0n) is 10.6. The van der Waals surface area contributed by atoms with Gasteiger partial charge in [0, 0.05) is 32.2 Å². The molecule has 0 saturated heterocycles. The molecule has 0 fully saturated rings. The summed E-state index contributed by atoms with van der Waals surface area (Å²) < 4.78 is 13.2. The molecule has 6 heteroatoms. The Morgan fingerprint density at radius 2 is 2.05 bits per heavy atom. The summed E-state index contributed by atoms with van der Waals surface area (Å²) >= 11 is 0. The quantitative estimate of drug-likeness (QED) is 0.916. The lowest BCUT2D eigenvalue weighted by atomic mass is 10.2. The van der Waals surface area contributed by atoms with Gasteiger partial charge in [-0.2, -0.15) is 0 Å². The van der Waals surface area contributed by atoms with Gasteiger partial charge in [-0.05, 0) is 18.2 Å². The number of hydrogen-bond acceptors (Lipinski definition) is 4. The second-order valence-corrected chi connectivity index (χ2v) is 3.87. The van der Waals surface area contributed by atoms with Gasteiger partial charge in [0.1, 0.15) is 11.6 Å². The summed E-state index contributed by atoms with van der Waals surface area (Å²) in [5, 5.41) is 2.77. The second kappa shape index (κ2) is 5.43. The molecule has 0 radical (unpaired) electrons. The van der Waals surface area contributed by atoms with Crippen LogP contribution >= 0.6 is 0 Å². The van der Waals surface area contributed by atoms with E-state index in [-0.39, 0.29) is 11.5 Å². The minimum Gasteiger partial charge on any atom is -0.372 e. The van der Waals surface area contributed by atoms with E-state index in [1.165, 1.54) is 11.0 Å². The van der Waals surface area contributed by atoms with Crippen LogP contribution in [0.5, 0.6) is 0 Å². The number of carbonyl (C=O) groups is 1. The van der Waals surface area contributed by atoms with Crippen LogP contribution in [0.1, 0.15) is 10.4 Å². The molecule has 0 unspecified atom stereocenters. The van der Waals surface area contributed by atoms with Crippen molar-refractivity contribution >= 4 is 17.4 Å². The van der Waals surface area contributed by atoms with Crippen LogP contribution in [0.25, 0.3) is 0 Å². The van der Waals surface area contributed by atoms with Gasteiger partial charge in [-0.25, -0.2) is 9.37 Å². The molecule has 0 aliphatic rings. The van der Waals surface area contributed by atoms with E-state index in [1.54, 1.807) is 38.6 Å². The first-order valence-electron chi connectivity index (χ1n) is 5.65. The molecule has 0 bridgehead atoms. The van der Waals surface area contributed by atoms with Crippen LogP contribution in [0, 0.1) is 5.82 Å². The van der Waals surface area contributed by atoms with Crippen molar-refractivity contribution in [3.8, 4) is 0 Å². The number of aromatic nitrogens is 2. The fourth-order valence-electron chi connectivity index (χ4n) is 1.67. The third-order valence-electron chi connectivity index (χ3n) is 2.68. The topological polar surface area (TPSA) is 58.1 Å². The highest BCUT2D eigenvalue weighted by Crippen LogP contribution is 2.19. The minimum absolute atomic E-state index is 0.182. The maximum Gasteiger partial charge on any atom is 0.261 e. The average Bonchev–Trinajstić information content (AvgIpc) is 2.46. The van der Waals surface area contributed by atoms with E-state index in [4.69, 9.17) is 0 Å². The maximum atomic E-state index is 13.2. The number of hydrogen-bond donors (Lipinski definition) is 1. The van der Waals surface area contributed by atoms with Crippen LogP contribution < -0.4 is 10.2 Å². The van der Waals surface area contributed by atoms with E-state index in [0.717, 1.165) is 6.20 Å². The van der Waals surface area contributed by atoms with Crippen LogP contribution in [0.2, 0.25) is 0 Å². The number of anilines is 2. The van der Waals surface area contributed by atoms with E-state index in [1.807, 2.05) is 0 Å². The van der Waals surface area contributed by atoms with E-state index in [2.05, 4.69) is 15.3 Å². The highest BCUT2D eigenvalue weighted by molar-refractivity contribution is 6.08. The Labute approximate surface area is 110 Å².